The van der Waals surface area contributed by atoms with E-state index in [0.717, 1.165) is 5.56 Å². The molecule has 0 aromatic heterocycles. The monoisotopic (exact) mass is 300 g/mol. The van der Waals surface area contributed by atoms with Crippen LogP contribution in [0.5, 0.6) is 0 Å². The van der Waals surface area contributed by atoms with E-state index in [4.69, 9.17) is 4.74 Å². The van der Waals surface area contributed by atoms with Gasteiger partial charge in [-0.3, -0.25) is 4.79 Å². The van der Waals surface area contributed by atoms with E-state index in [1.807, 2.05) is 36.4 Å². The first-order valence-corrected chi connectivity index (χ1v) is 7.00. The summed E-state index contributed by atoms with van der Waals surface area (Å²) >= 11 is 0. The largest absolute Gasteiger partial charge is 0.465 e. The van der Waals surface area contributed by atoms with Crippen LogP contribution in [0.25, 0.3) is 0 Å². The molecule has 0 radical (unpaired) electrons. The zero-order valence-electron chi connectivity index (χ0n) is 12.8. The quantitative estimate of drug-likeness (QED) is 0.809. The second-order valence-electron chi connectivity index (χ2n) is 4.36. The van der Waals surface area contributed by atoms with Crippen molar-refractivity contribution in [3.63, 3.8) is 0 Å². The molecule has 4 heteroatoms. The van der Waals surface area contributed by atoms with Crippen molar-refractivity contribution >= 4 is 11.9 Å². The van der Waals surface area contributed by atoms with Crippen LogP contribution in [0.3, 0.4) is 0 Å². The normalized spacial score (nSPS) is 9.18. The highest BCUT2D eigenvalue weighted by Gasteiger charge is 2.00. The van der Waals surface area contributed by atoms with Crippen molar-refractivity contribution in [1.29, 1.82) is 0 Å². The van der Waals surface area contributed by atoms with E-state index >= 15 is 0 Å². The van der Waals surface area contributed by atoms with Crippen molar-refractivity contribution < 1.29 is 19.1 Å². The third-order valence-electron chi connectivity index (χ3n) is 2.73. The lowest BCUT2D eigenvalue weighted by Crippen LogP contribution is -2.01. The maximum atomic E-state index is 10.8. The maximum absolute atomic E-state index is 10.8. The van der Waals surface area contributed by atoms with Gasteiger partial charge in [0.2, 0.25) is 0 Å². The van der Waals surface area contributed by atoms with Crippen LogP contribution in [-0.4, -0.2) is 19.0 Å². The Morgan fingerprint density at radius 3 is 1.95 bits per heavy atom. The Labute approximate surface area is 130 Å². The molecule has 0 fully saturated rings. The molecule has 4 nitrogen and oxygen atoms in total. The second-order valence-corrected chi connectivity index (χ2v) is 4.36. The second kappa shape index (κ2) is 10.2. The highest BCUT2D eigenvalue weighted by molar-refractivity contribution is 5.89. The number of ether oxygens (including phenoxy) is 2. The van der Waals surface area contributed by atoms with Crippen molar-refractivity contribution in [2.75, 3.05) is 7.11 Å². The lowest BCUT2D eigenvalue weighted by atomic mass is 10.2. The predicted octanol–water partition coefficient (Wildman–Crippen LogP) is 3.61. The van der Waals surface area contributed by atoms with Gasteiger partial charge in [-0.1, -0.05) is 55.5 Å². The number of methoxy groups -OCH3 is 1. The fraction of sp³-hybridized carbons (Fsp3) is 0.222. The third-order valence-corrected chi connectivity index (χ3v) is 2.73. The molecule has 0 unspecified atom stereocenters. The van der Waals surface area contributed by atoms with Gasteiger partial charge < -0.3 is 9.47 Å². The van der Waals surface area contributed by atoms with Crippen molar-refractivity contribution in [3.05, 3.63) is 71.8 Å². The molecule has 2 rings (SSSR count). The minimum absolute atomic E-state index is 0.154. The molecule has 0 amide bonds. The topological polar surface area (TPSA) is 52.6 Å². The number of carbonyl (C=O) groups is 2. The van der Waals surface area contributed by atoms with Crippen LogP contribution in [0.15, 0.2) is 60.7 Å². The summed E-state index contributed by atoms with van der Waals surface area (Å²) in [5.74, 6) is -0.445. The molecule has 22 heavy (non-hydrogen) atoms. The van der Waals surface area contributed by atoms with Crippen molar-refractivity contribution in [2.45, 2.75) is 20.0 Å². The summed E-state index contributed by atoms with van der Waals surface area (Å²) < 4.78 is 9.44. The summed E-state index contributed by atoms with van der Waals surface area (Å²) in [5, 5.41) is 0. The van der Waals surface area contributed by atoms with Gasteiger partial charge in [0.05, 0.1) is 12.7 Å². The fourth-order valence-electron chi connectivity index (χ4n) is 1.53. The lowest BCUT2D eigenvalue weighted by molar-refractivity contribution is -0.144. The van der Waals surface area contributed by atoms with Gasteiger partial charge in [0, 0.05) is 6.42 Å². The van der Waals surface area contributed by atoms with E-state index in [1.54, 1.807) is 31.2 Å². The molecule has 116 valence electrons. The molecule has 0 aliphatic heterocycles. The number of rotatable bonds is 4. The number of hydrogen-bond donors (Lipinski definition) is 0. The van der Waals surface area contributed by atoms with E-state index in [1.165, 1.54) is 7.11 Å². The summed E-state index contributed by atoms with van der Waals surface area (Å²) in [7, 11) is 1.37. The minimum Gasteiger partial charge on any atom is -0.465 e. The molecule has 0 saturated carbocycles. The van der Waals surface area contributed by atoms with Crippen LogP contribution in [0.1, 0.15) is 29.3 Å². The summed E-state index contributed by atoms with van der Waals surface area (Å²) in [5.41, 5.74) is 1.62. The van der Waals surface area contributed by atoms with Crippen molar-refractivity contribution in [2.24, 2.45) is 0 Å². The number of carbonyl (C=O) groups excluding carboxylic acids is 2. The SMILES string of the molecule is CCC(=O)OCc1ccccc1.COC(=O)c1ccccc1. The van der Waals surface area contributed by atoms with Crippen LogP contribution in [0, 0.1) is 0 Å². The number of hydrogen-bond acceptors (Lipinski definition) is 4. The van der Waals surface area contributed by atoms with E-state index in [0.29, 0.717) is 18.6 Å². The Kier molecular flexibility index (Phi) is 8.05. The van der Waals surface area contributed by atoms with Crippen molar-refractivity contribution in [3.8, 4) is 0 Å². The summed E-state index contributed by atoms with van der Waals surface area (Å²) in [6.45, 7) is 2.17. The highest BCUT2D eigenvalue weighted by atomic mass is 16.5. The first kappa shape index (κ1) is 17.4. The Morgan fingerprint density at radius 2 is 1.45 bits per heavy atom. The Morgan fingerprint density at radius 1 is 0.909 bits per heavy atom. The summed E-state index contributed by atoms with van der Waals surface area (Å²) in [4.78, 5) is 21.6. The average Bonchev–Trinajstić information content (AvgIpc) is 2.61. The van der Waals surface area contributed by atoms with E-state index < -0.39 is 0 Å². The fourth-order valence-corrected chi connectivity index (χ4v) is 1.53. The Balaban J connectivity index is 0.000000224. The maximum Gasteiger partial charge on any atom is 0.337 e. The molecule has 0 bridgehead atoms. The number of esters is 2. The molecule has 2 aromatic rings. The molecular weight excluding hydrogens is 280 g/mol. The van der Waals surface area contributed by atoms with E-state index in [9.17, 15) is 9.59 Å². The molecule has 0 spiro atoms. The molecule has 0 atom stereocenters. The zero-order valence-corrected chi connectivity index (χ0v) is 12.8. The molecule has 0 heterocycles. The molecule has 2 aromatic carbocycles. The summed E-state index contributed by atoms with van der Waals surface area (Å²) in [6.07, 6.45) is 0.437. The van der Waals surface area contributed by atoms with E-state index in [-0.39, 0.29) is 11.9 Å². The predicted molar refractivity (Wildman–Crippen MR) is 84.3 cm³/mol. The molecular formula is C18H20O4. The van der Waals surface area contributed by atoms with Gasteiger partial charge in [0.15, 0.2) is 0 Å². The lowest BCUT2D eigenvalue weighted by Gasteiger charge is -2.01. The first-order chi connectivity index (χ1) is 10.7. The van der Waals surface area contributed by atoms with Crippen LogP contribution < -0.4 is 0 Å². The zero-order chi connectivity index (χ0) is 16.2. The van der Waals surface area contributed by atoms with Crippen LogP contribution in [0.2, 0.25) is 0 Å². The van der Waals surface area contributed by atoms with Crippen molar-refractivity contribution in [1.82, 2.24) is 0 Å². The Hall–Kier alpha value is -2.62. The van der Waals surface area contributed by atoms with Gasteiger partial charge in [-0.15, -0.1) is 0 Å². The smallest absolute Gasteiger partial charge is 0.337 e. The van der Waals surface area contributed by atoms with Gasteiger partial charge in [-0.05, 0) is 17.7 Å². The van der Waals surface area contributed by atoms with Crippen LogP contribution in [-0.2, 0) is 20.9 Å². The van der Waals surface area contributed by atoms with Gasteiger partial charge >= 0.3 is 11.9 Å². The Bertz CT molecular complexity index is 564. The molecule has 0 saturated heterocycles. The van der Waals surface area contributed by atoms with Gasteiger partial charge in [0.25, 0.3) is 0 Å². The minimum atomic E-state index is -0.291. The van der Waals surface area contributed by atoms with Crippen LogP contribution >= 0.6 is 0 Å². The number of benzene rings is 2. The van der Waals surface area contributed by atoms with Gasteiger partial charge in [-0.2, -0.15) is 0 Å². The van der Waals surface area contributed by atoms with Crippen LogP contribution in [0.4, 0.5) is 0 Å². The molecule has 0 aliphatic rings. The van der Waals surface area contributed by atoms with Gasteiger partial charge in [-0.25, -0.2) is 4.79 Å². The average molecular weight is 300 g/mol. The third kappa shape index (κ3) is 6.70. The summed E-state index contributed by atoms with van der Waals surface area (Å²) in [6, 6.07) is 18.5. The van der Waals surface area contributed by atoms with Gasteiger partial charge in [0.1, 0.15) is 6.61 Å². The highest BCUT2D eigenvalue weighted by Crippen LogP contribution is 2.01. The molecule has 0 N–H and O–H groups in total. The van der Waals surface area contributed by atoms with E-state index in [2.05, 4.69) is 4.74 Å². The molecule has 0 aliphatic carbocycles. The standard InChI is InChI=1S/C10H12O2.C8H8O2/c1-2-10(11)12-8-9-6-4-3-5-7-9;1-10-8(9)7-5-3-2-4-6-7/h3-7H,2,8H2,1H3;2-6H,1H3. The first-order valence-electron chi connectivity index (χ1n) is 7.00.